The molecule has 3 atom stereocenters. The molecule has 4 aromatic carbocycles. The average molecular weight is 760 g/mol. The zero-order valence-corrected chi connectivity index (χ0v) is 31.5. The Morgan fingerprint density at radius 3 is 2.46 bits per heavy atom. The van der Waals surface area contributed by atoms with Crippen LogP contribution in [0.4, 0.5) is 4.79 Å². The van der Waals surface area contributed by atoms with Gasteiger partial charge in [-0.3, -0.25) is 14.5 Å². The third kappa shape index (κ3) is 8.73. The lowest BCUT2D eigenvalue weighted by Crippen LogP contribution is -2.59. The molecule has 292 valence electrons. The molecule has 2 amide bonds. The third-order valence-electron chi connectivity index (χ3n) is 11.1. The first-order valence-corrected chi connectivity index (χ1v) is 19.3. The summed E-state index contributed by atoms with van der Waals surface area (Å²) in [6.45, 7) is 4.33. The lowest BCUT2D eigenvalue weighted by Gasteiger charge is -2.50. The number of ether oxygens (including phenoxy) is 1. The average Bonchev–Trinajstić information content (AvgIpc) is 3.22. The Morgan fingerprint density at radius 2 is 1.71 bits per heavy atom. The topological polar surface area (TPSA) is 159 Å². The lowest BCUT2D eigenvalue weighted by molar-refractivity contribution is -0.000814. The number of H-pyrrole nitrogens is 1. The number of aromatic nitrogens is 1. The summed E-state index contributed by atoms with van der Waals surface area (Å²) in [5, 5.41) is 35.4. The molecule has 3 aliphatic rings. The molecule has 56 heavy (non-hydrogen) atoms. The van der Waals surface area contributed by atoms with E-state index in [0.717, 1.165) is 49.2 Å². The van der Waals surface area contributed by atoms with Gasteiger partial charge in [-0.15, -0.1) is 0 Å². The molecule has 5 N–H and O–H groups in total. The maximum atomic E-state index is 13.4. The van der Waals surface area contributed by atoms with Crippen molar-refractivity contribution in [3.05, 3.63) is 141 Å². The number of benzene rings is 4. The number of aliphatic hydroxyl groups excluding tert-OH is 1. The van der Waals surface area contributed by atoms with E-state index in [1.54, 1.807) is 35.0 Å². The summed E-state index contributed by atoms with van der Waals surface area (Å²) in [4.78, 5) is 46.4. The highest BCUT2D eigenvalue weighted by Gasteiger charge is 2.43. The van der Waals surface area contributed by atoms with Gasteiger partial charge in [0.05, 0.1) is 23.7 Å². The van der Waals surface area contributed by atoms with Crippen LogP contribution in [0.2, 0.25) is 0 Å². The number of aliphatic hydroxyl groups is 1. The highest BCUT2D eigenvalue weighted by Crippen LogP contribution is 2.39. The molecular weight excluding hydrogens is 711 g/mol. The first kappa shape index (κ1) is 38.6. The fourth-order valence-electron chi connectivity index (χ4n) is 8.24. The number of amides is 2. The minimum Gasteiger partial charge on any atom is -0.506 e. The van der Waals surface area contributed by atoms with Gasteiger partial charge < -0.3 is 40.2 Å². The van der Waals surface area contributed by atoms with Crippen LogP contribution in [-0.2, 0) is 6.61 Å². The number of nitrogens with zero attached hydrogens (tertiary/aromatic N) is 3. The van der Waals surface area contributed by atoms with E-state index < -0.39 is 18.2 Å². The Morgan fingerprint density at radius 1 is 0.946 bits per heavy atom. The predicted octanol–water partition coefficient (Wildman–Crippen LogP) is 5.76. The summed E-state index contributed by atoms with van der Waals surface area (Å²) in [6, 6.07) is 30.3. The minimum atomic E-state index is -0.926. The Kier molecular flexibility index (Phi) is 12.0. The molecule has 0 aliphatic carbocycles. The molecule has 3 fully saturated rings. The van der Waals surface area contributed by atoms with E-state index in [1.807, 2.05) is 72.8 Å². The molecule has 3 aliphatic heterocycles. The Balaban J connectivity index is 0.947. The van der Waals surface area contributed by atoms with Gasteiger partial charge in [-0.1, -0.05) is 60.7 Å². The zero-order chi connectivity index (χ0) is 39.2. The SMILES string of the molecule is CN(CCCNC[C@@H](O)c1ccc(O)c2[nH]c(=O)ccc12)C(=O)c1cccc(COc2cccc(C(c3ccccc3)N(C(=O)O)[C@H]3CN4CCC3CC4)c2)c1. The van der Waals surface area contributed by atoms with E-state index in [2.05, 4.69) is 15.2 Å². The van der Waals surface area contributed by atoms with Crippen LogP contribution in [0.1, 0.15) is 64.0 Å². The molecule has 0 spiro atoms. The van der Waals surface area contributed by atoms with Crippen LogP contribution >= 0.6 is 0 Å². The molecule has 8 rings (SSSR count). The van der Waals surface area contributed by atoms with Crippen molar-refractivity contribution in [2.24, 2.45) is 5.92 Å². The summed E-state index contributed by atoms with van der Waals surface area (Å²) in [7, 11) is 1.76. The molecule has 12 nitrogen and oxygen atoms in total. The van der Waals surface area contributed by atoms with Gasteiger partial charge in [0.15, 0.2) is 0 Å². The lowest BCUT2D eigenvalue weighted by atomic mass is 9.81. The fraction of sp³-hybridized carbons (Fsp3) is 0.341. The number of rotatable bonds is 15. The van der Waals surface area contributed by atoms with Gasteiger partial charge >= 0.3 is 6.09 Å². The summed E-state index contributed by atoms with van der Waals surface area (Å²) in [5.41, 5.74) is 3.66. The van der Waals surface area contributed by atoms with Crippen molar-refractivity contribution in [3.8, 4) is 11.5 Å². The van der Waals surface area contributed by atoms with Gasteiger partial charge in [0.1, 0.15) is 18.1 Å². The third-order valence-corrected chi connectivity index (χ3v) is 11.1. The maximum Gasteiger partial charge on any atom is 0.408 e. The second-order valence-corrected chi connectivity index (χ2v) is 14.9. The Bertz CT molecular complexity index is 2200. The van der Waals surface area contributed by atoms with Gasteiger partial charge in [0.25, 0.3) is 5.91 Å². The number of aromatic amines is 1. The summed E-state index contributed by atoms with van der Waals surface area (Å²) in [6.07, 6.45) is 0.874. The minimum absolute atomic E-state index is 0.0598. The number of hydrogen-bond acceptors (Lipinski definition) is 8. The molecule has 1 unspecified atom stereocenters. The van der Waals surface area contributed by atoms with Crippen LogP contribution in [0.25, 0.3) is 10.9 Å². The van der Waals surface area contributed by atoms with Crippen LogP contribution in [0.3, 0.4) is 0 Å². The first-order valence-electron chi connectivity index (χ1n) is 19.3. The molecule has 12 heteroatoms. The summed E-state index contributed by atoms with van der Waals surface area (Å²) >= 11 is 0. The molecule has 0 radical (unpaired) electrons. The monoisotopic (exact) mass is 759 g/mol. The molecule has 2 bridgehead atoms. The van der Waals surface area contributed by atoms with Crippen molar-refractivity contribution in [1.29, 1.82) is 0 Å². The number of fused-ring (bicyclic) bond motifs is 4. The number of piperidine rings is 3. The smallest absolute Gasteiger partial charge is 0.408 e. The molecular formula is C44H49N5O7. The zero-order valence-electron chi connectivity index (χ0n) is 31.5. The number of nitrogens with one attached hydrogen (secondary N) is 2. The molecule has 1 aromatic heterocycles. The molecule has 5 aromatic rings. The summed E-state index contributed by atoms with van der Waals surface area (Å²) < 4.78 is 6.27. The van der Waals surface area contributed by atoms with E-state index in [9.17, 15) is 29.7 Å². The maximum absolute atomic E-state index is 13.4. The summed E-state index contributed by atoms with van der Waals surface area (Å²) in [5.74, 6) is 0.768. The number of carboxylic acid groups (broad SMARTS) is 1. The van der Waals surface area contributed by atoms with Crippen molar-refractivity contribution in [2.75, 3.05) is 46.3 Å². The van der Waals surface area contributed by atoms with Crippen molar-refractivity contribution >= 4 is 22.9 Å². The van der Waals surface area contributed by atoms with Gasteiger partial charge in [-0.05, 0) is 103 Å². The number of phenols is 1. The van der Waals surface area contributed by atoms with Crippen molar-refractivity contribution in [3.63, 3.8) is 0 Å². The Hall–Kier alpha value is -5.69. The number of pyridine rings is 1. The second kappa shape index (κ2) is 17.4. The van der Waals surface area contributed by atoms with Crippen LogP contribution < -0.4 is 15.6 Å². The van der Waals surface area contributed by atoms with Gasteiger partial charge in [0.2, 0.25) is 5.56 Å². The van der Waals surface area contributed by atoms with E-state index in [-0.39, 0.29) is 41.9 Å². The number of carbonyl (C=O) groups excluding carboxylic acids is 1. The van der Waals surface area contributed by atoms with Gasteiger partial charge in [-0.25, -0.2) is 4.79 Å². The van der Waals surface area contributed by atoms with Crippen LogP contribution in [0.15, 0.2) is 108 Å². The predicted molar refractivity (Wildman–Crippen MR) is 214 cm³/mol. The highest BCUT2D eigenvalue weighted by atomic mass is 16.5. The van der Waals surface area contributed by atoms with E-state index in [1.165, 1.54) is 12.1 Å². The van der Waals surface area contributed by atoms with Crippen LogP contribution in [-0.4, -0.2) is 99.4 Å². The normalized spacial score (nSPS) is 18.6. The second-order valence-electron chi connectivity index (χ2n) is 14.9. The van der Waals surface area contributed by atoms with Crippen molar-refractivity contribution < 1.29 is 29.6 Å². The standard InChI is InChI=1S/C44H49N5O7/c1-47(21-7-20-45-26-39(51)35-14-16-38(50)41-36(35)15-17-40(52)46-41)43(53)33-12-5-8-29(24-33)28-56-34-13-6-11-32(25-34)42(31-9-3-2-4-10-31)49(44(54)55)37-27-48-22-18-30(37)19-23-48/h2-6,8-17,24-25,30,37,39,42,45,50-51H,7,18-23,26-28H2,1H3,(H,46,52)(H,54,55)/t37-,39+,42?/m0/s1. The number of phenolic OH excluding ortho intramolecular Hbond substituents is 1. The van der Waals surface area contributed by atoms with Crippen LogP contribution in [0.5, 0.6) is 11.5 Å². The van der Waals surface area contributed by atoms with E-state index in [4.69, 9.17) is 4.74 Å². The highest BCUT2D eigenvalue weighted by molar-refractivity contribution is 5.94. The largest absolute Gasteiger partial charge is 0.506 e. The Labute approximate surface area is 326 Å². The van der Waals surface area contributed by atoms with Crippen molar-refractivity contribution in [1.82, 2.24) is 25.0 Å². The first-order chi connectivity index (χ1) is 27.2. The molecule has 4 heterocycles. The van der Waals surface area contributed by atoms with E-state index in [0.29, 0.717) is 47.7 Å². The quantitative estimate of drug-likeness (QED) is 0.0837. The fourth-order valence-corrected chi connectivity index (χ4v) is 8.24. The molecule has 0 saturated carbocycles. The number of hydrogen-bond donors (Lipinski definition) is 5. The van der Waals surface area contributed by atoms with E-state index >= 15 is 0 Å². The number of carbonyl (C=O) groups is 2. The number of aromatic hydroxyl groups is 1. The van der Waals surface area contributed by atoms with Crippen LogP contribution in [0, 0.1) is 5.92 Å². The van der Waals surface area contributed by atoms with Gasteiger partial charge in [0, 0.05) is 43.7 Å². The van der Waals surface area contributed by atoms with Crippen molar-refractivity contribution in [2.45, 2.75) is 44.1 Å². The molecule has 3 saturated heterocycles. The van der Waals surface area contributed by atoms with Gasteiger partial charge in [-0.2, -0.15) is 0 Å².